The lowest BCUT2D eigenvalue weighted by Crippen LogP contribution is -2.00. The molecule has 0 heterocycles. The van der Waals surface area contributed by atoms with Crippen molar-refractivity contribution < 1.29 is 13.9 Å². The maximum atomic E-state index is 10.7. The first kappa shape index (κ1) is 10.4. The van der Waals surface area contributed by atoms with Crippen molar-refractivity contribution >= 4 is 11.1 Å². The molecule has 0 amide bonds. The molecule has 13 heavy (non-hydrogen) atoms. The second-order valence-electron chi connectivity index (χ2n) is 2.82. The highest BCUT2D eigenvalue weighted by molar-refractivity contribution is 7.79. The minimum Gasteiger partial charge on any atom is -0.392 e. The van der Waals surface area contributed by atoms with Crippen LogP contribution < -0.4 is 0 Å². The molecular formula is C9H12O3S. The first-order valence-corrected chi connectivity index (χ1v) is 5.11. The van der Waals surface area contributed by atoms with Crippen molar-refractivity contribution in [3.8, 4) is 0 Å². The van der Waals surface area contributed by atoms with Crippen molar-refractivity contribution in [3.05, 3.63) is 35.4 Å². The monoisotopic (exact) mass is 200 g/mol. The molecular weight excluding hydrogens is 188 g/mol. The first-order chi connectivity index (χ1) is 6.15. The van der Waals surface area contributed by atoms with E-state index in [4.69, 9.17) is 9.66 Å². The Labute approximate surface area is 79.7 Å². The van der Waals surface area contributed by atoms with Gasteiger partial charge in [0, 0.05) is 0 Å². The molecule has 4 heteroatoms. The van der Waals surface area contributed by atoms with Crippen LogP contribution in [0.4, 0.5) is 0 Å². The normalized spacial score (nSPS) is 15.3. The summed E-state index contributed by atoms with van der Waals surface area (Å²) in [6, 6.07) is 7.01. The van der Waals surface area contributed by atoms with Gasteiger partial charge in [0.05, 0.1) is 11.9 Å². The van der Waals surface area contributed by atoms with Gasteiger partial charge < -0.3 is 9.66 Å². The third-order valence-corrected chi connectivity index (χ3v) is 2.81. The highest BCUT2D eigenvalue weighted by atomic mass is 32.2. The van der Waals surface area contributed by atoms with E-state index in [1.54, 1.807) is 31.2 Å². The molecule has 2 atom stereocenters. The molecule has 0 fully saturated rings. The van der Waals surface area contributed by atoms with Crippen LogP contribution in [0.2, 0.25) is 0 Å². The van der Waals surface area contributed by atoms with Gasteiger partial charge in [-0.15, -0.1) is 0 Å². The molecule has 0 saturated carbocycles. The van der Waals surface area contributed by atoms with Crippen LogP contribution in [0, 0.1) is 0 Å². The van der Waals surface area contributed by atoms with Crippen LogP contribution in [0.25, 0.3) is 0 Å². The second-order valence-corrected chi connectivity index (χ2v) is 4.08. The van der Waals surface area contributed by atoms with Crippen LogP contribution in [0.1, 0.15) is 23.3 Å². The maximum Gasteiger partial charge on any atom is 0.160 e. The molecule has 0 spiro atoms. The van der Waals surface area contributed by atoms with Crippen molar-refractivity contribution in [2.75, 3.05) is 0 Å². The molecule has 3 nitrogen and oxygen atoms in total. The van der Waals surface area contributed by atoms with E-state index < -0.39 is 11.1 Å². The molecule has 0 aliphatic carbocycles. The number of hydrogen-bond donors (Lipinski definition) is 2. The molecule has 1 aromatic carbocycles. The highest BCUT2D eigenvalue weighted by Gasteiger charge is 2.10. The number of aliphatic hydroxyl groups excluding tert-OH is 1. The van der Waals surface area contributed by atoms with E-state index in [9.17, 15) is 4.21 Å². The minimum atomic E-state index is -1.83. The van der Waals surface area contributed by atoms with E-state index in [2.05, 4.69) is 0 Å². The summed E-state index contributed by atoms with van der Waals surface area (Å²) in [5, 5.41) is 8.39. The van der Waals surface area contributed by atoms with Gasteiger partial charge in [-0.25, -0.2) is 4.21 Å². The SMILES string of the molecule is CC(c1ccc(CO)cc1)S(=O)O. The largest absolute Gasteiger partial charge is 0.392 e. The molecule has 1 rings (SSSR count). The molecule has 1 aromatic rings. The summed E-state index contributed by atoms with van der Waals surface area (Å²) in [7, 11) is 0. The van der Waals surface area contributed by atoms with Crippen LogP contribution in [-0.2, 0) is 17.7 Å². The number of rotatable bonds is 3. The van der Waals surface area contributed by atoms with Crippen molar-refractivity contribution in [3.63, 3.8) is 0 Å². The molecule has 0 aliphatic heterocycles. The average Bonchev–Trinajstić information content (AvgIpc) is 2.17. The van der Waals surface area contributed by atoms with Gasteiger partial charge in [0.15, 0.2) is 11.1 Å². The Kier molecular flexibility index (Phi) is 3.59. The minimum absolute atomic E-state index is 0.00310. The Morgan fingerprint density at radius 2 is 1.92 bits per heavy atom. The van der Waals surface area contributed by atoms with E-state index >= 15 is 0 Å². The first-order valence-electron chi connectivity index (χ1n) is 3.94. The Balaban J connectivity index is 2.85. The van der Waals surface area contributed by atoms with E-state index in [1.165, 1.54) is 0 Å². The quantitative estimate of drug-likeness (QED) is 0.726. The zero-order valence-corrected chi connectivity index (χ0v) is 8.12. The van der Waals surface area contributed by atoms with E-state index in [0.29, 0.717) is 0 Å². The average molecular weight is 200 g/mol. The molecule has 72 valence electrons. The van der Waals surface area contributed by atoms with Gasteiger partial charge in [-0.05, 0) is 18.1 Å². The van der Waals surface area contributed by atoms with Crippen molar-refractivity contribution in [1.82, 2.24) is 0 Å². The molecule has 2 unspecified atom stereocenters. The van der Waals surface area contributed by atoms with Crippen LogP contribution in [0.15, 0.2) is 24.3 Å². The molecule has 0 saturated heterocycles. The summed E-state index contributed by atoms with van der Waals surface area (Å²) < 4.78 is 19.5. The number of benzene rings is 1. The van der Waals surface area contributed by atoms with Crippen molar-refractivity contribution in [1.29, 1.82) is 0 Å². The zero-order chi connectivity index (χ0) is 9.84. The van der Waals surface area contributed by atoms with Crippen LogP contribution in [0.3, 0.4) is 0 Å². The number of hydrogen-bond acceptors (Lipinski definition) is 2. The van der Waals surface area contributed by atoms with Gasteiger partial charge >= 0.3 is 0 Å². The van der Waals surface area contributed by atoms with Gasteiger partial charge in [0.1, 0.15) is 0 Å². The molecule has 0 aliphatic rings. The van der Waals surface area contributed by atoms with Gasteiger partial charge in [-0.3, -0.25) is 0 Å². The van der Waals surface area contributed by atoms with E-state index in [1.807, 2.05) is 0 Å². The van der Waals surface area contributed by atoms with E-state index in [-0.39, 0.29) is 11.9 Å². The zero-order valence-electron chi connectivity index (χ0n) is 7.30. The number of aliphatic hydroxyl groups is 1. The molecule has 0 bridgehead atoms. The third-order valence-electron chi connectivity index (χ3n) is 1.93. The summed E-state index contributed by atoms with van der Waals surface area (Å²) in [6.45, 7) is 1.68. The molecule has 0 radical (unpaired) electrons. The van der Waals surface area contributed by atoms with E-state index in [0.717, 1.165) is 11.1 Å². The lowest BCUT2D eigenvalue weighted by molar-refractivity contribution is 0.282. The fraction of sp³-hybridized carbons (Fsp3) is 0.333. The predicted octanol–water partition coefficient (Wildman–Crippen LogP) is 1.46. The summed E-state index contributed by atoms with van der Waals surface area (Å²) in [5.74, 6) is 0. The Hall–Kier alpha value is -0.710. The van der Waals surface area contributed by atoms with Crippen LogP contribution in [0.5, 0.6) is 0 Å². The fourth-order valence-corrected chi connectivity index (χ4v) is 1.40. The topological polar surface area (TPSA) is 57.5 Å². The lowest BCUT2D eigenvalue weighted by atomic mass is 10.1. The Bertz CT molecular complexity index is 294. The Morgan fingerprint density at radius 1 is 1.38 bits per heavy atom. The highest BCUT2D eigenvalue weighted by Crippen LogP contribution is 2.18. The van der Waals surface area contributed by atoms with Gasteiger partial charge in [-0.1, -0.05) is 24.3 Å². The van der Waals surface area contributed by atoms with Crippen molar-refractivity contribution in [2.24, 2.45) is 0 Å². The standard InChI is InChI=1S/C9H12O3S/c1-7(13(11)12)9-4-2-8(6-10)3-5-9/h2-5,7,10H,6H2,1H3,(H,11,12). The third kappa shape index (κ3) is 2.62. The lowest BCUT2D eigenvalue weighted by Gasteiger charge is -2.07. The fourth-order valence-electron chi connectivity index (χ4n) is 1.01. The Morgan fingerprint density at radius 3 is 2.31 bits per heavy atom. The van der Waals surface area contributed by atoms with Gasteiger partial charge in [0.2, 0.25) is 0 Å². The summed E-state index contributed by atoms with van der Waals surface area (Å²) in [6.07, 6.45) is 0. The van der Waals surface area contributed by atoms with Crippen molar-refractivity contribution in [2.45, 2.75) is 18.8 Å². The smallest absolute Gasteiger partial charge is 0.160 e. The maximum absolute atomic E-state index is 10.7. The van der Waals surface area contributed by atoms with Gasteiger partial charge in [0.25, 0.3) is 0 Å². The summed E-state index contributed by atoms with van der Waals surface area (Å²) in [4.78, 5) is 0. The summed E-state index contributed by atoms with van der Waals surface area (Å²) in [5.41, 5.74) is 1.61. The van der Waals surface area contributed by atoms with Crippen LogP contribution in [-0.4, -0.2) is 13.9 Å². The predicted molar refractivity (Wildman–Crippen MR) is 51.6 cm³/mol. The molecule has 2 N–H and O–H groups in total. The second kappa shape index (κ2) is 4.50. The van der Waals surface area contributed by atoms with Crippen LogP contribution >= 0.6 is 0 Å². The molecule has 0 aromatic heterocycles. The van der Waals surface area contributed by atoms with Gasteiger partial charge in [-0.2, -0.15) is 0 Å². The summed E-state index contributed by atoms with van der Waals surface area (Å²) >= 11 is -1.83.